The molecule has 0 saturated heterocycles. The number of rotatable bonds is 2. The van der Waals surface area contributed by atoms with E-state index in [1.165, 1.54) is 0 Å². The van der Waals surface area contributed by atoms with Crippen molar-refractivity contribution in [1.29, 1.82) is 5.41 Å². The van der Waals surface area contributed by atoms with Crippen LogP contribution >= 0.6 is 0 Å². The van der Waals surface area contributed by atoms with Crippen molar-refractivity contribution in [3.63, 3.8) is 0 Å². The van der Waals surface area contributed by atoms with Crippen LogP contribution in [0.3, 0.4) is 0 Å². The highest BCUT2D eigenvalue weighted by molar-refractivity contribution is 5.66. The molecule has 1 aromatic carbocycles. The van der Waals surface area contributed by atoms with Crippen LogP contribution in [0.15, 0.2) is 30.3 Å². The molecule has 0 amide bonds. The van der Waals surface area contributed by atoms with Crippen LogP contribution in [0.25, 0.3) is 0 Å². The molecule has 1 rings (SSSR count). The topological polar surface area (TPSA) is 42.3 Å². The van der Waals surface area contributed by atoms with E-state index in [0.717, 1.165) is 0 Å². The fourth-order valence-corrected chi connectivity index (χ4v) is 0.756. The molecule has 0 unspecified atom stereocenters. The van der Waals surface area contributed by atoms with E-state index in [9.17, 15) is 0 Å². The molecule has 0 heterocycles. The zero-order chi connectivity index (χ0) is 8.81. The van der Waals surface area contributed by atoms with Crippen LogP contribution in [-0.4, -0.2) is 12.7 Å². The van der Waals surface area contributed by atoms with E-state index in [0.29, 0.717) is 12.4 Å². The summed E-state index contributed by atoms with van der Waals surface area (Å²) in [5.74, 6) is 0.621. The lowest BCUT2D eigenvalue weighted by atomic mass is 10.3. The third-order valence-corrected chi connectivity index (χ3v) is 1.23. The van der Waals surface area contributed by atoms with Gasteiger partial charge in [-0.05, 0) is 19.1 Å². The fourth-order valence-electron chi connectivity index (χ4n) is 0.756. The molecule has 0 spiro atoms. The van der Waals surface area contributed by atoms with Crippen molar-refractivity contribution in [1.82, 2.24) is 0 Å². The van der Waals surface area contributed by atoms with Gasteiger partial charge in [-0.25, -0.2) is 5.41 Å². The summed E-state index contributed by atoms with van der Waals surface area (Å²) in [4.78, 5) is 0. The van der Waals surface area contributed by atoms with Crippen LogP contribution in [-0.2, 0) is 4.74 Å². The molecule has 0 aliphatic carbocycles. The zero-order valence-corrected chi connectivity index (χ0v) is 6.91. The minimum Gasteiger partial charge on any atom is -0.451 e. The summed E-state index contributed by atoms with van der Waals surface area (Å²) in [7, 11) is 0. The quantitative estimate of drug-likeness (QED) is 0.538. The molecular weight excluding hydrogens is 154 g/mol. The molecule has 1 aromatic rings. The number of hydrogen-bond acceptors (Lipinski definition) is 3. The van der Waals surface area contributed by atoms with E-state index < -0.39 is 0 Å². The Hall–Kier alpha value is -1.51. The van der Waals surface area contributed by atoms with Crippen molar-refractivity contribution in [2.24, 2.45) is 0 Å². The minimum absolute atomic E-state index is 0.163. The monoisotopic (exact) mass is 165 g/mol. The molecule has 0 radical (unpaired) electrons. The molecule has 0 aromatic heterocycles. The minimum atomic E-state index is -0.163. The van der Waals surface area contributed by atoms with Crippen molar-refractivity contribution in [3.8, 4) is 5.75 Å². The second-order valence-electron chi connectivity index (χ2n) is 2.14. The lowest BCUT2D eigenvalue weighted by Crippen LogP contribution is -2.10. The summed E-state index contributed by atoms with van der Waals surface area (Å²) in [6.07, 6.45) is -0.163. The maximum atomic E-state index is 7.18. The Kier molecular flexibility index (Phi) is 3.14. The van der Waals surface area contributed by atoms with Gasteiger partial charge in [-0.3, -0.25) is 0 Å². The largest absolute Gasteiger partial charge is 0.451 e. The lowest BCUT2D eigenvalue weighted by molar-refractivity contribution is 0.246. The molecule has 0 atom stereocenters. The molecule has 0 saturated carbocycles. The van der Waals surface area contributed by atoms with Crippen molar-refractivity contribution in [3.05, 3.63) is 30.3 Å². The van der Waals surface area contributed by atoms with E-state index in [1.54, 1.807) is 12.1 Å². The normalized spacial score (nSPS) is 9.08. The van der Waals surface area contributed by atoms with E-state index in [-0.39, 0.29) is 6.08 Å². The molecule has 0 bridgehead atoms. The first-order valence-electron chi connectivity index (χ1n) is 3.77. The highest BCUT2D eigenvalue weighted by atomic mass is 16.7. The molecule has 12 heavy (non-hydrogen) atoms. The second-order valence-corrected chi connectivity index (χ2v) is 2.14. The molecule has 0 aliphatic heterocycles. The van der Waals surface area contributed by atoms with Crippen LogP contribution in [0.2, 0.25) is 0 Å². The van der Waals surface area contributed by atoms with E-state index in [2.05, 4.69) is 0 Å². The summed E-state index contributed by atoms with van der Waals surface area (Å²) < 4.78 is 9.82. The average molecular weight is 165 g/mol. The Morgan fingerprint density at radius 3 is 2.58 bits per heavy atom. The molecule has 3 nitrogen and oxygen atoms in total. The van der Waals surface area contributed by atoms with Crippen molar-refractivity contribution < 1.29 is 9.47 Å². The third-order valence-electron chi connectivity index (χ3n) is 1.23. The zero-order valence-electron chi connectivity index (χ0n) is 6.91. The first-order chi connectivity index (χ1) is 5.83. The van der Waals surface area contributed by atoms with Crippen molar-refractivity contribution in [2.45, 2.75) is 6.92 Å². The molecule has 0 aliphatic rings. The maximum Gasteiger partial charge on any atom is 0.386 e. The number of hydrogen-bond donors (Lipinski definition) is 1. The number of nitrogens with one attached hydrogen (secondary N) is 1. The van der Waals surface area contributed by atoms with E-state index >= 15 is 0 Å². The van der Waals surface area contributed by atoms with Gasteiger partial charge in [-0.2, -0.15) is 0 Å². The molecule has 3 heteroatoms. The van der Waals surface area contributed by atoms with Gasteiger partial charge in [-0.1, -0.05) is 18.2 Å². The average Bonchev–Trinajstić information content (AvgIpc) is 2.06. The van der Waals surface area contributed by atoms with Crippen LogP contribution in [0.5, 0.6) is 5.75 Å². The van der Waals surface area contributed by atoms with Crippen LogP contribution in [0.1, 0.15) is 6.92 Å². The highest BCUT2D eigenvalue weighted by Crippen LogP contribution is 2.08. The SMILES string of the molecule is CCOC(=N)Oc1ccccc1. The molecule has 64 valence electrons. The number of benzene rings is 1. The van der Waals surface area contributed by atoms with Crippen LogP contribution < -0.4 is 4.74 Å². The lowest BCUT2D eigenvalue weighted by Gasteiger charge is -2.05. The second kappa shape index (κ2) is 4.38. The smallest absolute Gasteiger partial charge is 0.386 e. The Morgan fingerprint density at radius 1 is 1.33 bits per heavy atom. The Morgan fingerprint density at radius 2 is 2.00 bits per heavy atom. The molecular formula is C9H11NO2. The van der Waals surface area contributed by atoms with Crippen LogP contribution in [0.4, 0.5) is 0 Å². The van der Waals surface area contributed by atoms with Gasteiger partial charge in [0.15, 0.2) is 0 Å². The van der Waals surface area contributed by atoms with Gasteiger partial charge >= 0.3 is 6.08 Å². The predicted octanol–water partition coefficient (Wildman–Crippen LogP) is 2.04. The van der Waals surface area contributed by atoms with Gasteiger partial charge in [0.05, 0.1) is 6.61 Å². The van der Waals surface area contributed by atoms with Gasteiger partial charge in [-0.15, -0.1) is 0 Å². The number of para-hydroxylation sites is 1. The maximum absolute atomic E-state index is 7.18. The Labute approximate surface area is 71.4 Å². The van der Waals surface area contributed by atoms with Gasteiger partial charge in [0.2, 0.25) is 0 Å². The summed E-state index contributed by atoms with van der Waals surface area (Å²) >= 11 is 0. The van der Waals surface area contributed by atoms with Crippen LogP contribution in [0, 0.1) is 5.41 Å². The Balaban J connectivity index is 2.47. The first kappa shape index (κ1) is 8.59. The standard InChI is InChI=1S/C9H11NO2/c1-2-11-9(10)12-8-6-4-3-5-7-8/h3-7,10H,2H2,1H3. The van der Waals surface area contributed by atoms with Gasteiger partial charge < -0.3 is 9.47 Å². The van der Waals surface area contributed by atoms with Gasteiger partial charge in [0.25, 0.3) is 0 Å². The molecule has 1 N–H and O–H groups in total. The molecule has 0 fully saturated rings. The van der Waals surface area contributed by atoms with Gasteiger partial charge in [0, 0.05) is 0 Å². The van der Waals surface area contributed by atoms with E-state index in [4.69, 9.17) is 14.9 Å². The summed E-state index contributed by atoms with van der Waals surface area (Å²) in [6.45, 7) is 2.26. The highest BCUT2D eigenvalue weighted by Gasteiger charge is 1.97. The van der Waals surface area contributed by atoms with Crippen molar-refractivity contribution >= 4 is 6.08 Å². The fraction of sp³-hybridized carbons (Fsp3) is 0.222. The van der Waals surface area contributed by atoms with E-state index in [1.807, 2.05) is 25.1 Å². The van der Waals surface area contributed by atoms with Crippen molar-refractivity contribution in [2.75, 3.05) is 6.61 Å². The number of ether oxygens (including phenoxy) is 2. The summed E-state index contributed by atoms with van der Waals surface area (Å²) in [5.41, 5.74) is 0. The summed E-state index contributed by atoms with van der Waals surface area (Å²) in [6, 6.07) is 9.11. The Bertz CT molecular complexity index is 246. The van der Waals surface area contributed by atoms with Gasteiger partial charge in [0.1, 0.15) is 5.75 Å². The summed E-state index contributed by atoms with van der Waals surface area (Å²) in [5, 5.41) is 7.18. The first-order valence-corrected chi connectivity index (χ1v) is 3.77. The third kappa shape index (κ3) is 2.62. The predicted molar refractivity (Wildman–Crippen MR) is 46.4 cm³/mol.